The molecule has 0 aliphatic rings. The van der Waals surface area contributed by atoms with E-state index in [0.717, 1.165) is 47.0 Å². The predicted octanol–water partition coefficient (Wildman–Crippen LogP) is 1.18. The molecule has 0 saturated heterocycles. The highest BCUT2D eigenvalue weighted by Crippen LogP contribution is 2.12. The maximum atomic E-state index is 11.8. The molecule has 10 nitrogen and oxygen atoms in total. The Kier molecular flexibility index (Phi) is 19.4. The second kappa shape index (κ2) is 19.9. The third-order valence-corrected chi connectivity index (χ3v) is 5.63. The Bertz CT molecular complexity index is 889. The molecular formula is C26H42F6N4O6. The van der Waals surface area contributed by atoms with E-state index in [1.165, 1.54) is 25.9 Å². The van der Waals surface area contributed by atoms with Crippen LogP contribution < -0.4 is 21.3 Å². The van der Waals surface area contributed by atoms with Crippen molar-refractivity contribution in [3.63, 3.8) is 0 Å². The normalized spacial score (nSPS) is 11.8. The van der Waals surface area contributed by atoms with E-state index in [1.54, 1.807) is 0 Å². The van der Waals surface area contributed by atoms with Gasteiger partial charge in [-0.05, 0) is 24.9 Å². The molecule has 0 unspecified atom stereocenters. The molecule has 0 saturated carbocycles. The van der Waals surface area contributed by atoms with Crippen molar-refractivity contribution >= 4 is 18.0 Å². The molecule has 42 heavy (non-hydrogen) atoms. The van der Waals surface area contributed by atoms with Gasteiger partial charge in [0.1, 0.15) is 18.5 Å². The smallest absolute Gasteiger partial charge is 0.430 e. The lowest BCUT2D eigenvalue weighted by molar-refractivity contribution is -0.909. The Morgan fingerprint density at radius 3 is 1.57 bits per heavy atom. The molecule has 0 atom stereocenters. The molecule has 1 aromatic carbocycles. The first-order valence-corrected chi connectivity index (χ1v) is 13.0. The van der Waals surface area contributed by atoms with Gasteiger partial charge in [0.15, 0.2) is 0 Å². The summed E-state index contributed by atoms with van der Waals surface area (Å²) in [5.41, 5.74) is 6.59. The molecular weight excluding hydrogens is 578 g/mol. The summed E-state index contributed by atoms with van der Waals surface area (Å²) < 4.78 is 70.4. The first-order chi connectivity index (χ1) is 19.1. The summed E-state index contributed by atoms with van der Waals surface area (Å²) in [7, 11) is 9.15. The van der Waals surface area contributed by atoms with E-state index in [1.807, 2.05) is 30.3 Å². The van der Waals surface area contributed by atoms with Crippen LogP contribution in [0.3, 0.4) is 0 Å². The van der Waals surface area contributed by atoms with Gasteiger partial charge in [-0.3, -0.25) is 0 Å². The van der Waals surface area contributed by atoms with Crippen molar-refractivity contribution in [3.8, 4) is 0 Å². The minimum atomic E-state index is -5.19. The number of nitrogens with one attached hydrogen (secondary N) is 1. The zero-order valence-electron chi connectivity index (χ0n) is 24.4. The van der Waals surface area contributed by atoms with Crippen LogP contribution in [-0.4, -0.2) is 107 Å². The van der Waals surface area contributed by atoms with Crippen LogP contribution in [-0.2, 0) is 20.9 Å². The van der Waals surface area contributed by atoms with Gasteiger partial charge in [0.05, 0.1) is 54.4 Å². The average molecular weight is 621 g/mol. The first kappa shape index (κ1) is 41.0. The third kappa shape index (κ3) is 24.7. The standard InChI is InChI=1S/C22H41N4O2.2C2HF3O2/c1-25(2,16-9-8-14-23)18-11-19-26(3,4)17-10-15-24-22(27)28-20-21-12-6-5-7-13-21;2*3-2(4,5)1(6)7/h5-7,12-13H,8-11,14-20,23H2,1-4H3;2*(H,6,7)/q+1;;/p-1. The number of nitrogens with two attached hydrogens (primary N) is 1. The summed E-state index contributed by atoms with van der Waals surface area (Å²) >= 11 is 0. The van der Waals surface area contributed by atoms with Crippen molar-refractivity contribution in [1.82, 2.24) is 5.32 Å². The van der Waals surface area contributed by atoms with Crippen molar-refractivity contribution in [2.45, 2.75) is 44.6 Å². The van der Waals surface area contributed by atoms with Crippen LogP contribution in [0, 0.1) is 0 Å². The van der Waals surface area contributed by atoms with Gasteiger partial charge in [0.25, 0.3) is 0 Å². The molecule has 0 heterocycles. The highest BCUT2D eigenvalue weighted by atomic mass is 19.4. The third-order valence-electron chi connectivity index (χ3n) is 5.63. The highest BCUT2D eigenvalue weighted by molar-refractivity contribution is 5.71. The second-order valence-electron chi connectivity index (χ2n) is 10.5. The molecule has 16 heteroatoms. The van der Waals surface area contributed by atoms with E-state index < -0.39 is 24.3 Å². The Balaban J connectivity index is 0. The molecule has 0 radical (unpaired) electrons. The molecule has 0 aliphatic heterocycles. The Morgan fingerprint density at radius 2 is 1.17 bits per heavy atom. The number of hydrogen-bond donors (Lipinski definition) is 2. The molecule has 0 spiro atoms. The summed E-state index contributed by atoms with van der Waals surface area (Å²) in [5.74, 6) is -6.01. The van der Waals surface area contributed by atoms with Crippen molar-refractivity contribution in [1.29, 1.82) is 0 Å². The SMILES string of the molecule is C[N+](C)(CCCCN)CCC[N+](C)(C)CCCNC(=O)OCc1ccccc1.O=C([O-])C(F)(F)F.O=C([O-])C(F)(F)F. The van der Waals surface area contributed by atoms with Crippen LogP contribution in [0.4, 0.5) is 31.1 Å². The molecule has 1 amide bonds. The molecule has 0 bridgehead atoms. The van der Waals surface area contributed by atoms with Crippen LogP contribution in [0.5, 0.6) is 0 Å². The van der Waals surface area contributed by atoms with Crippen LogP contribution >= 0.6 is 0 Å². The molecule has 3 N–H and O–H groups in total. The number of rotatable bonds is 14. The number of amides is 1. The van der Waals surface area contributed by atoms with E-state index >= 15 is 0 Å². The summed E-state index contributed by atoms with van der Waals surface area (Å²) in [5, 5.41) is 20.4. The Hall–Kier alpha value is -3.11. The van der Waals surface area contributed by atoms with E-state index in [2.05, 4.69) is 33.5 Å². The zero-order valence-corrected chi connectivity index (χ0v) is 24.4. The molecule has 0 fully saturated rings. The van der Waals surface area contributed by atoms with Gasteiger partial charge in [-0.1, -0.05) is 30.3 Å². The van der Waals surface area contributed by atoms with Crippen LogP contribution in [0.15, 0.2) is 30.3 Å². The molecule has 0 aromatic heterocycles. The quantitative estimate of drug-likeness (QED) is 0.181. The summed E-state index contributed by atoms with van der Waals surface area (Å²) in [6.45, 7) is 6.33. The maximum Gasteiger partial charge on any atom is 0.430 e. The Morgan fingerprint density at radius 1 is 0.762 bits per heavy atom. The number of carboxylic acid groups (broad SMARTS) is 2. The number of carbonyl (C=O) groups excluding carboxylic acids is 3. The number of unbranched alkanes of at least 4 members (excludes halogenated alkanes) is 1. The number of carboxylic acids is 2. The van der Waals surface area contributed by atoms with Crippen molar-refractivity contribution in [2.75, 3.05) is 67.5 Å². The van der Waals surface area contributed by atoms with Gasteiger partial charge >= 0.3 is 18.4 Å². The fourth-order valence-corrected chi connectivity index (χ4v) is 3.31. The number of alkyl halides is 6. The van der Waals surface area contributed by atoms with Gasteiger partial charge in [-0.25, -0.2) is 4.79 Å². The van der Waals surface area contributed by atoms with Crippen molar-refractivity contribution in [2.24, 2.45) is 5.73 Å². The average Bonchev–Trinajstić information content (AvgIpc) is 2.85. The number of hydrogen-bond acceptors (Lipinski definition) is 7. The second-order valence-corrected chi connectivity index (χ2v) is 10.5. The number of quaternary nitrogens is 2. The summed E-state index contributed by atoms with van der Waals surface area (Å²) in [4.78, 5) is 29.4. The number of nitrogens with zero attached hydrogens (tertiary/aromatic N) is 2. The number of carbonyl (C=O) groups is 3. The summed E-state index contributed by atoms with van der Waals surface area (Å²) in [6, 6.07) is 9.73. The number of ether oxygens (including phenoxy) is 1. The molecule has 0 aliphatic carbocycles. The topological polar surface area (TPSA) is 145 Å². The minimum absolute atomic E-state index is 0.313. The van der Waals surface area contributed by atoms with Crippen molar-refractivity contribution in [3.05, 3.63) is 35.9 Å². The van der Waals surface area contributed by atoms with Gasteiger partial charge in [-0.15, -0.1) is 0 Å². The minimum Gasteiger partial charge on any atom is -0.542 e. The van der Waals surface area contributed by atoms with Crippen LogP contribution in [0.25, 0.3) is 0 Å². The number of halogens is 6. The fourth-order valence-electron chi connectivity index (χ4n) is 3.31. The van der Waals surface area contributed by atoms with E-state index in [9.17, 15) is 31.1 Å². The monoisotopic (exact) mass is 620 g/mol. The molecule has 1 aromatic rings. The summed E-state index contributed by atoms with van der Waals surface area (Å²) in [6.07, 6.45) is -6.26. The predicted molar refractivity (Wildman–Crippen MR) is 138 cm³/mol. The van der Waals surface area contributed by atoms with Crippen molar-refractivity contribution < 1.29 is 64.6 Å². The number of aliphatic carboxylic acids is 2. The van der Waals surface area contributed by atoms with Crippen LogP contribution in [0.2, 0.25) is 0 Å². The first-order valence-electron chi connectivity index (χ1n) is 13.0. The van der Waals surface area contributed by atoms with E-state index in [4.69, 9.17) is 30.3 Å². The lowest BCUT2D eigenvalue weighted by Gasteiger charge is -2.33. The highest BCUT2D eigenvalue weighted by Gasteiger charge is 2.29. The maximum absolute atomic E-state index is 11.8. The largest absolute Gasteiger partial charge is 0.542 e. The van der Waals surface area contributed by atoms with Gasteiger partial charge < -0.3 is 44.6 Å². The van der Waals surface area contributed by atoms with E-state index in [0.29, 0.717) is 13.2 Å². The lowest BCUT2D eigenvalue weighted by Crippen LogP contribution is -2.46. The number of alkyl carbamates (subject to hydrolysis) is 1. The number of benzene rings is 1. The van der Waals surface area contributed by atoms with Gasteiger partial charge in [-0.2, -0.15) is 26.3 Å². The van der Waals surface area contributed by atoms with Gasteiger partial charge in [0, 0.05) is 19.4 Å². The molecule has 1 rings (SSSR count). The van der Waals surface area contributed by atoms with Gasteiger partial charge in [0.2, 0.25) is 0 Å². The molecule has 244 valence electrons. The van der Waals surface area contributed by atoms with E-state index in [-0.39, 0.29) is 6.09 Å². The van der Waals surface area contributed by atoms with Crippen LogP contribution in [0.1, 0.15) is 31.2 Å². The fraction of sp³-hybridized carbons (Fsp3) is 0.654. The zero-order chi connectivity index (χ0) is 33.0. The lowest BCUT2D eigenvalue weighted by atomic mass is 10.2. The Labute approximate surface area is 242 Å².